The van der Waals surface area contributed by atoms with Crippen LogP contribution in [0.2, 0.25) is 0 Å². The highest BCUT2D eigenvalue weighted by molar-refractivity contribution is 7.89. The number of nitriles is 1. The number of rotatable bonds is 5. The van der Waals surface area contributed by atoms with Crippen LogP contribution in [-0.2, 0) is 10.0 Å². The van der Waals surface area contributed by atoms with Gasteiger partial charge in [-0.15, -0.1) is 0 Å². The van der Waals surface area contributed by atoms with E-state index in [9.17, 15) is 13.7 Å². The van der Waals surface area contributed by atoms with E-state index in [0.29, 0.717) is 11.3 Å². The molecule has 2 rings (SSSR count). The van der Waals surface area contributed by atoms with Crippen molar-refractivity contribution in [1.82, 2.24) is 4.90 Å². The standard InChI is InChI=1S/C16H22N4O2S/c1-12(2)11-20-7-5-14(6-8-20)19-16-4-3-15(23(18,21)22)9-13(16)10-17/h3-4,9,14,19H,1,5-8,11H2,2H3,(H2,18,21,22). The highest BCUT2D eigenvalue weighted by atomic mass is 32.2. The Hall–Kier alpha value is -1.88. The van der Waals surface area contributed by atoms with Crippen molar-refractivity contribution < 1.29 is 8.42 Å². The highest BCUT2D eigenvalue weighted by Crippen LogP contribution is 2.23. The zero-order valence-corrected chi connectivity index (χ0v) is 14.1. The lowest BCUT2D eigenvalue weighted by molar-refractivity contribution is 0.236. The van der Waals surface area contributed by atoms with Crippen molar-refractivity contribution >= 4 is 15.7 Å². The summed E-state index contributed by atoms with van der Waals surface area (Å²) in [5.41, 5.74) is 2.10. The summed E-state index contributed by atoms with van der Waals surface area (Å²) >= 11 is 0. The van der Waals surface area contributed by atoms with E-state index in [4.69, 9.17) is 5.14 Å². The van der Waals surface area contributed by atoms with Gasteiger partial charge in [0.05, 0.1) is 16.1 Å². The number of nitrogens with one attached hydrogen (secondary N) is 1. The van der Waals surface area contributed by atoms with Gasteiger partial charge in [0.1, 0.15) is 6.07 Å². The number of benzene rings is 1. The van der Waals surface area contributed by atoms with Gasteiger partial charge in [0.2, 0.25) is 10.0 Å². The number of sulfonamides is 1. The third-order valence-electron chi connectivity index (χ3n) is 3.88. The van der Waals surface area contributed by atoms with Crippen molar-refractivity contribution in [3.05, 3.63) is 35.9 Å². The van der Waals surface area contributed by atoms with E-state index >= 15 is 0 Å². The van der Waals surface area contributed by atoms with E-state index in [2.05, 4.69) is 16.8 Å². The molecule has 7 heteroatoms. The number of piperidine rings is 1. The molecule has 1 heterocycles. The molecule has 0 aromatic heterocycles. The molecule has 1 saturated heterocycles. The maximum Gasteiger partial charge on any atom is 0.238 e. The van der Waals surface area contributed by atoms with Gasteiger partial charge in [-0.25, -0.2) is 13.6 Å². The van der Waals surface area contributed by atoms with E-state index in [1.54, 1.807) is 6.07 Å². The van der Waals surface area contributed by atoms with Crippen molar-refractivity contribution in [2.75, 3.05) is 25.0 Å². The van der Waals surface area contributed by atoms with Crippen LogP contribution >= 0.6 is 0 Å². The van der Waals surface area contributed by atoms with Crippen molar-refractivity contribution in [3.8, 4) is 6.07 Å². The number of hydrogen-bond donors (Lipinski definition) is 2. The van der Waals surface area contributed by atoms with Crippen LogP contribution in [0.15, 0.2) is 35.2 Å². The SMILES string of the molecule is C=C(C)CN1CCC(Nc2ccc(S(N)(=O)=O)cc2C#N)CC1. The van der Waals surface area contributed by atoms with Crippen molar-refractivity contribution in [1.29, 1.82) is 5.26 Å². The molecule has 6 nitrogen and oxygen atoms in total. The third-order valence-corrected chi connectivity index (χ3v) is 4.79. The normalized spacial score (nSPS) is 16.7. The first-order valence-electron chi connectivity index (χ1n) is 7.50. The van der Waals surface area contributed by atoms with Crippen LogP contribution in [-0.4, -0.2) is 39.0 Å². The molecule has 0 spiro atoms. The summed E-state index contributed by atoms with van der Waals surface area (Å²) in [6, 6.07) is 6.64. The van der Waals surface area contributed by atoms with Gasteiger partial charge in [-0.05, 0) is 38.0 Å². The van der Waals surface area contributed by atoms with Gasteiger partial charge in [-0.2, -0.15) is 5.26 Å². The molecule has 1 aliphatic rings. The Morgan fingerprint density at radius 2 is 2.13 bits per heavy atom. The molecular formula is C16H22N4O2S. The summed E-state index contributed by atoms with van der Waals surface area (Å²) in [6.45, 7) is 8.82. The maximum atomic E-state index is 11.4. The predicted molar refractivity (Wildman–Crippen MR) is 90.4 cm³/mol. The van der Waals surface area contributed by atoms with Crippen LogP contribution in [0.1, 0.15) is 25.3 Å². The van der Waals surface area contributed by atoms with Crippen LogP contribution in [0.25, 0.3) is 0 Å². The molecule has 1 aromatic carbocycles. The van der Waals surface area contributed by atoms with Crippen LogP contribution in [0.4, 0.5) is 5.69 Å². The van der Waals surface area contributed by atoms with Crippen molar-refractivity contribution in [3.63, 3.8) is 0 Å². The van der Waals surface area contributed by atoms with Gasteiger partial charge >= 0.3 is 0 Å². The Morgan fingerprint density at radius 1 is 1.48 bits per heavy atom. The Balaban J connectivity index is 2.04. The average molecular weight is 334 g/mol. The number of primary sulfonamides is 1. The molecular weight excluding hydrogens is 312 g/mol. The molecule has 1 aromatic rings. The van der Waals surface area contributed by atoms with E-state index in [1.165, 1.54) is 12.1 Å². The minimum Gasteiger partial charge on any atom is -0.381 e. The third kappa shape index (κ3) is 4.79. The lowest BCUT2D eigenvalue weighted by Crippen LogP contribution is -2.39. The smallest absolute Gasteiger partial charge is 0.238 e. The Bertz CT molecular complexity index is 729. The van der Waals surface area contributed by atoms with Crippen molar-refractivity contribution in [2.24, 2.45) is 5.14 Å². The molecule has 1 fully saturated rings. The van der Waals surface area contributed by atoms with Crippen LogP contribution in [0, 0.1) is 11.3 Å². The summed E-state index contributed by atoms with van der Waals surface area (Å²) in [7, 11) is -3.80. The molecule has 23 heavy (non-hydrogen) atoms. The molecule has 0 radical (unpaired) electrons. The van der Waals surface area contributed by atoms with Crippen molar-refractivity contribution in [2.45, 2.75) is 30.7 Å². The molecule has 0 atom stereocenters. The van der Waals surface area contributed by atoms with Gasteiger partial charge in [-0.1, -0.05) is 12.2 Å². The quantitative estimate of drug-likeness (QED) is 0.798. The zero-order valence-electron chi connectivity index (χ0n) is 13.2. The molecule has 0 saturated carbocycles. The summed E-state index contributed by atoms with van der Waals surface area (Å²) in [5.74, 6) is 0. The Kier molecular flexibility index (Phi) is 5.42. The highest BCUT2D eigenvalue weighted by Gasteiger charge is 2.20. The van der Waals surface area contributed by atoms with E-state index in [0.717, 1.165) is 38.0 Å². The number of anilines is 1. The number of nitrogens with two attached hydrogens (primary N) is 1. The van der Waals surface area contributed by atoms with Gasteiger partial charge < -0.3 is 5.32 Å². The first-order valence-corrected chi connectivity index (χ1v) is 9.04. The van der Waals surface area contributed by atoms with Gasteiger partial charge in [-0.3, -0.25) is 4.90 Å². The van der Waals surface area contributed by atoms with E-state index < -0.39 is 10.0 Å². The zero-order chi connectivity index (χ0) is 17.0. The fourth-order valence-electron chi connectivity index (χ4n) is 2.76. The molecule has 3 N–H and O–H groups in total. The number of likely N-dealkylation sites (tertiary alicyclic amines) is 1. The lowest BCUT2D eigenvalue weighted by atomic mass is 10.0. The predicted octanol–water partition coefficient (Wildman–Crippen LogP) is 1.66. The monoisotopic (exact) mass is 334 g/mol. The molecule has 0 amide bonds. The molecule has 0 aliphatic carbocycles. The minimum absolute atomic E-state index is 0.0455. The Morgan fingerprint density at radius 3 is 2.65 bits per heavy atom. The largest absolute Gasteiger partial charge is 0.381 e. The van der Waals surface area contributed by atoms with E-state index in [1.807, 2.05) is 13.0 Å². The summed E-state index contributed by atoms with van der Waals surface area (Å²) in [6.07, 6.45) is 1.93. The Labute approximate surface area is 137 Å². The minimum atomic E-state index is -3.80. The molecule has 124 valence electrons. The van der Waals surface area contributed by atoms with Crippen LogP contribution in [0.5, 0.6) is 0 Å². The van der Waals surface area contributed by atoms with Crippen LogP contribution in [0.3, 0.4) is 0 Å². The molecule has 0 bridgehead atoms. The lowest BCUT2D eigenvalue weighted by Gasteiger charge is -2.33. The van der Waals surface area contributed by atoms with E-state index in [-0.39, 0.29) is 10.9 Å². The molecule has 0 unspecified atom stereocenters. The first kappa shape index (κ1) is 17.5. The second-order valence-corrected chi connectivity index (χ2v) is 7.58. The molecule has 1 aliphatic heterocycles. The first-order chi connectivity index (χ1) is 10.8. The second-order valence-electron chi connectivity index (χ2n) is 6.02. The maximum absolute atomic E-state index is 11.4. The average Bonchev–Trinajstić information content (AvgIpc) is 2.48. The number of nitrogens with zero attached hydrogens (tertiary/aromatic N) is 2. The summed E-state index contributed by atoms with van der Waals surface area (Å²) in [4.78, 5) is 2.31. The summed E-state index contributed by atoms with van der Waals surface area (Å²) < 4.78 is 22.7. The fraction of sp³-hybridized carbons (Fsp3) is 0.438. The topological polar surface area (TPSA) is 99.2 Å². The van der Waals surface area contributed by atoms with Gasteiger partial charge in [0.25, 0.3) is 0 Å². The summed E-state index contributed by atoms with van der Waals surface area (Å²) in [5, 5.41) is 17.7. The fourth-order valence-corrected chi connectivity index (χ4v) is 3.30. The second kappa shape index (κ2) is 7.13. The van der Waals surface area contributed by atoms with Gasteiger partial charge in [0.15, 0.2) is 0 Å². The number of hydrogen-bond acceptors (Lipinski definition) is 5. The van der Waals surface area contributed by atoms with Gasteiger partial charge in [0, 0.05) is 25.7 Å². The van der Waals surface area contributed by atoms with Crippen LogP contribution < -0.4 is 10.5 Å².